The Morgan fingerprint density at radius 1 is 0.963 bits per heavy atom. The highest BCUT2D eigenvalue weighted by molar-refractivity contribution is 6.09. The Morgan fingerprint density at radius 3 is 2.33 bits per heavy atom. The maximum Gasteiger partial charge on any atom is 0.189 e. The molecule has 0 unspecified atom stereocenters. The minimum absolute atomic E-state index is 0.0708. The number of carbonyl (C=O) groups is 1. The van der Waals surface area contributed by atoms with Gasteiger partial charge in [0.25, 0.3) is 0 Å². The second-order valence-corrected chi connectivity index (χ2v) is 6.09. The first-order valence-corrected chi connectivity index (χ1v) is 8.52. The fraction of sp³-hybridized carbons (Fsp3) is 0.0870. The van der Waals surface area contributed by atoms with Crippen molar-refractivity contribution < 1.29 is 19.7 Å². The smallest absolute Gasteiger partial charge is 0.189 e. The van der Waals surface area contributed by atoms with E-state index in [-0.39, 0.29) is 22.8 Å². The summed E-state index contributed by atoms with van der Waals surface area (Å²) in [5.74, 6) is 0.323. The Balaban J connectivity index is 1.90. The number of hydrogen-bond donors (Lipinski definition) is 2. The standard InChI is InChI=1S/C23H20O4/c1-27-22-14-12-19(21(25)13-9-16-7-10-18(24)11-8-16)23(26)20(22)15-17-5-3-2-4-6-17/h2-14,24,26H,15H2,1H3. The first kappa shape index (κ1) is 18.3. The fourth-order valence-electron chi connectivity index (χ4n) is 2.83. The van der Waals surface area contributed by atoms with E-state index in [1.165, 1.54) is 13.2 Å². The molecule has 0 amide bonds. The molecule has 0 radical (unpaired) electrons. The summed E-state index contributed by atoms with van der Waals surface area (Å²) in [4.78, 5) is 12.6. The van der Waals surface area contributed by atoms with Crippen LogP contribution < -0.4 is 4.74 Å². The summed E-state index contributed by atoms with van der Waals surface area (Å²) < 4.78 is 5.36. The second-order valence-electron chi connectivity index (χ2n) is 6.09. The fourth-order valence-corrected chi connectivity index (χ4v) is 2.83. The zero-order chi connectivity index (χ0) is 19.2. The molecule has 3 rings (SSSR count). The average Bonchev–Trinajstić information content (AvgIpc) is 2.69. The zero-order valence-corrected chi connectivity index (χ0v) is 14.9. The molecule has 136 valence electrons. The van der Waals surface area contributed by atoms with E-state index in [9.17, 15) is 15.0 Å². The molecule has 0 saturated carbocycles. The van der Waals surface area contributed by atoms with Crippen molar-refractivity contribution in [2.75, 3.05) is 7.11 Å². The number of ether oxygens (including phenoxy) is 1. The Morgan fingerprint density at radius 2 is 1.67 bits per heavy atom. The molecule has 0 aromatic heterocycles. The maximum atomic E-state index is 12.6. The third-order valence-electron chi connectivity index (χ3n) is 4.27. The van der Waals surface area contributed by atoms with Crippen LogP contribution in [0.4, 0.5) is 0 Å². The molecular weight excluding hydrogens is 340 g/mol. The van der Waals surface area contributed by atoms with Crippen molar-refractivity contribution in [1.29, 1.82) is 0 Å². The van der Waals surface area contributed by atoms with Gasteiger partial charge in [-0.2, -0.15) is 0 Å². The molecule has 4 nitrogen and oxygen atoms in total. The Bertz CT molecular complexity index is 958. The van der Waals surface area contributed by atoms with E-state index in [1.54, 1.807) is 42.5 Å². The number of allylic oxidation sites excluding steroid dienone is 1. The van der Waals surface area contributed by atoms with Crippen LogP contribution in [-0.4, -0.2) is 23.1 Å². The first-order chi connectivity index (χ1) is 13.1. The van der Waals surface area contributed by atoms with Crippen LogP contribution >= 0.6 is 0 Å². The SMILES string of the molecule is COc1ccc(C(=O)C=Cc2ccc(O)cc2)c(O)c1Cc1ccccc1. The van der Waals surface area contributed by atoms with Gasteiger partial charge < -0.3 is 14.9 Å². The highest BCUT2D eigenvalue weighted by Crippen LogP contribution is 2.33. The zero-order valence-electron chi connectivity index (χ0n) is 14.9. The van der Waals surface area contributed by atoms with Crippen molar-refractivity contribution >= 4 is 11.9 Å². The van der Waals surface area contributed by atoms with Crippen LogP contribution in [0.25, 0.3) is 6.08 Å². The van der Waals surface area contributed by atoms with E-state index in [0.29, 0.717) is 17.7 Å². The summed E-state index contributed by atoms with van der Waals surface area (Å²) in [6, 6.07) is 19.4. The molecule has 27 heavy (non-hydrogen) atoms. The third-order valence-corrected chi connectivity index (χ3v) is 4.27. The van der Waals surface area contributed by atoms with Gasteiger partial charge in [0.2, 0.25) is 0 Å². The van der Waals surface area contributed by atoms with Gasteiger partial charge in [0, 0.05) is 12.0 Å². The van der Waals surface area contributed by atoms with Gasteiger partial charge >= 0.3 is 0 Å². The number of hydrogen-bond acceptors (Lipinski definition) is 4. The van der Waals surface area contributed by atoms with E-state index < -0.39 is 0 Å². The highest BCUT2D eigenvalue weighted by atomic mass is 16.5. The normalized spacial score (nSPS) is 10.9. The number of phenols is 2. The number of methoxy groups -OCH3 is 1. The van der Waals surface area contributed by atoms with Crippen molar-refractivity contribution in [2.24, 2.45) is 0 Å². The van der Waals surface area contributed by atoms with Crippen LogP contribution in [0.2, 0.25) is 0 Å². The molecule has 0 heterocycles. The van der Waals surface area contributed by atoms with Gasteiger partial charge in [0.15, 0.2) is 5.78 Å². The highest BCUT2D eigenvalue weighted by Gasteiger charge is 2.17. The van der Waals surface area contributed by atoms with Crippen LogP contribution in [0.3, 0.4) is 0 Å². The average molecular weight is 360 g/mol. The predicted molar refractivity (Wildman–Crippen MR) is 105 cm³/mol. The summed E-state index contributed by atoms with van der Waals surface area (Å²) in [6.07, 6.45) is 3.50. The molecule has 4 heteroatoms. The van der Waals surface area contributed by atoms with E-state index in [2.05, 4.69) is 0 Å². The molecule has 0 fully saturated rings. The molecule has 2 N–H and O–H groups in total. The molecular formula is C23H20O4. The van der Waals surface area contributed by atoms with Crippen molar-refractivity contribution in [3.63, 3.8) is 0 Å². The van der Waals surface area contributed by atoms with E-state index in [1.807, 2.05) is 30.3 Å². The van der Waals surface area contributed by atoms with Crippen LogP contribution in [0, 0.1) is 0 Å². The quantitative estimate of drug-likeness (QED) is 0.498. The monoisotopic (exact) mass is 360 g/mol. The minimum Gasteiger partial charge on any atom is -0.508 e. The lowest BCUT2D eigenvalue weighted by molar-refractivity contribution is 0.104. The summed E-state index contributed by atoms with van der Waals surface area (Å²) in [5, 5.41) is 20.0. The van der Waals surface area contributed by atoms with Crippen molar-refractivity contribution in [1.82, 2.24) is 0 Å². The number of ketones is 1. The molecule has 0 aliphatic heterocycles. The molecule has 0 aliphatic rings. The molecule has 0 aliphatic carbocycles. The third kappa shape index (κ3) is 4.36. The number of aromatic hydroxyl groups is 2. The Labute approximate surface area is 158 Å². The van der Waals surface area contributed by atoms with E-state index >= 15 is 0 Å². The lowest BCUT2D eigenvalue weighted by Gasteiger charge is -2.13. The molecule has 0 saturated heterocycles. The molecule has 0 atom stereocenters. The Hall–Kier alpha value is -3.53. The molecule has 3 aromatic carbocycles. The van der Waals surface area contributed by atoms with Gasteiger partial charge in [-0.15, -0.1) is 0 Å². The van der Waals surface area contributed by atoms with Crippen molar-refractivity contribution in [2.45, 2.75) is 6.42 Å². The van der Waals surface area contributed by atoms with Gasteiger partial charge in [-0.1, -0.05) is 48.5 Å². The summed E-state index contributed by atoms with van der Waals surface area (Å²) in [6.45, 7) is 0. The lowest BCUT2D eigenvalue weighted by Crippen LogP contribution is -2.01. The van der Waals surface area contributed by atoms with Crippen molar-refractivity contribution in [3.05, 3.63) is 95.1 Å². The lowest BCUT2D eigenvalue weighted by atomic mass is 9.98. The van der Waals surface area contributed by atoms with Gasteiger partial charge in [-0.3, -0.25) is 4.79 Å². The van der Waals surface area contributed by atoms with Crippen LogP contribution in [-0.2, 0) is 6.42 Å². The van der Waals surface area contributed by atoms with Crippen LogP contribution in [0.1, 0.15) is 27.0 Å². The molecule has 3 aromatic rings. The van der Waals surface area contributed by atoms with Gasteiger partial charge in [0.1, 0.15) is 17.2 Å². The second kappa shape index (κ2) is 8.23. The Kier molecular flexibility index (Phi) is 5.57. The minimum atomic E-state index is -0.308. The number of carbonyl (C=O) groups excluding carboxylic acids is 1. The van der Waals surface area contributed by atoms with E-state index in [4.69, 9.17) is 4.74 Å². The molecule has 0 bridgehead atoms. The maximum absolute atomic E-state index is 12.6. The van der Waals surface area contributed by atoms with Crippen LogP contribution in [0.15, 0.2) is 72.8 Å². The predicted octanol–water partition coefficient (Wildman–Crippen LogP) is 4.59. The number of benzene rings is 3. The summed E-state index contributed by atoms with van der Waals surface area (Å²) >= 11 is 0. The number of rotatable bonds is 6. The first-order valence-electron chi connectivity index (χ1n) is 8.52. The number of phenolic OH excluding ortho intramolecular Hbond substituents is 2. The topological polar surface area (TPSA) is 66.8 Å². The molecule has 0 spiro atoms. The van der Waals surface area contributed by atoms with Gasteiger partial charge in [0.05, 0.1) is 12.7 Å². The van der Waals surface area contributed by atoms with Crippen molar-refractivity contribution in [3.8, 4) is 17.2 Å². The summed E-state index contributed by atoms with van der Waals surface area (Å²) in [7, 11) is 1.54. The largest absolute Gasteiger partial charge is 0.508 e. The van der Waals surface area contributed by atoms with Crippen LogP contribution in [0.5, 0.6) is 17.2 Å². The van der Waals surface area contributed by atoms with E-state index in [0.717, 1.165) is 11.1 Å². The van der Waals surface area contributed by atoms with Gasteiger partial charge in [-0.05, 0) is 41.5 Å². The summed E-state index contributed by atoms with van der Waals surface area (Å²) in [5.41, 5.74) is 2.58. The van der Waals surface area contributed by atoms with Gasteiger partial charge in [-0.25, -0.2) is 0 Å².